The number of ether oxygens (including phenoxy) is 1. The van der Waals surface area contributed by atoms with Gasteiger partial charge in [0.2, 0.25) is 5.91 Å². The maximum atomic E-state index is 12.9. The summed E-state index contributed by atoms with van der Waals surface area (Å²) in [7, 11) is 0. The van der Waals surface area contributed by atoms with Gasteiger partial charge in [-0.2, -0.15) is 0 Å². The summed E-state index contributed by atoms with van der Waals surface area (Å²) in [5.74, 6) is -1.28. The topological polar surface area (TPSA) is 68.3 Å². The molecule has 7 heteroatoms. The number of rotatable bonds is 4. The second kappa shape index (κ2) is 6.25. The monoisotopic (exact) mass is 294 g/mol. The van der Waals surface area contributed by atoms with Crippen LogP contribution >= 0.6 is 11.3 Å². The lowest BCUT2D eigenvalue weighted by atomic mass is 10.2. The lowest BCUT2D eigenvalue weighted by molar-refractivity contribution is -0.114. The fourth-order valence-corrected chi connectivity index (χ4v) is 2.15. The highest BCUT2D eigenvalue weighted by Gasteiger charge is 2.13. The predicted octanol–water partition coefficient (Wildman–Crippen LogP) is 2.60. The molecule has 0 unspecified atom stereocenters. The molecule has 0 saturated carbocycles. The number of thiazole rings is 1. The van der Waals surface area contributed by atoms with Gasteiger partial charge in [-0.05, 0) is 17.7 Å². The van der Waals surface area contributed by atoms with Crippen molar-refractivity contribution in [3.8, 4) is 0 Å². The molecule has 0 bridgehead atoms. The third kappa shape index (κ3) is 3.86. The molecule has 0 aliphatic carbocycles. The third-order valence-electron chi connectivity index (χ3n) is 2.26. The summed E-state index contributed by atoms with van der Waals surface area (Å²) in [6.45, 7) is 1.31. The molecule has 2 aromatic rings. The van der Waals surface area contributed by atoms with E-state index in [1.807, 2.05) is 0 Å². The Labute approximate surface area is 118 Å². The number of carbonyl (C=O) groups is 2. The second-order valence-electron chi connectivity index (χ2n) is 3.93. The first kappa shape index (κ1) is 14.1. The summed E-state index contributed by atoms with van der Waals surface area (Å²) in [6.07, 6.45) is 0. The van der Waals surface area contributed by atoms with Crippen LogP contribution in [-0.2, 0) is 16.1 Å². The molecule has 0 atom stereocenters. The Kier molecular flexibility index (Phi) is 4.41. The van der Waals surface area contributed by atoms with Crippen LogP contribution < -0.4 is 5.32 Å². The van der Waals surface area contributed by atoms with Gasteiger partial charge >= 0.3 is 5.97 Å². The van der Waals surface area contributed by atoms with Crippen LogP contribution in [0.1, 0.15) is 23.0 Å². The third-order valence-corrected chi connectivity index (χ3v) is 3.01. The molecule has 2 rings (SSSR count). The molecule has 0 aliphatic rings. The van der Waals surface area contributed by atoms with Crippen LogP contribution in [0.4, 0.5) is 9.52 Å². The maximum absolute atomic E-state index is 12.9. The number of nitrogens with one attached hydrogen (secondary N) is 1. The average Bonchev–Trinajstić information content (AvgIpc) is 2.84. The van der Waals surface area contributed by atoms with Crippen molar-refractivity contribution >= 4 is 28.3 Å². The molecule has 1 heterocycles. The van der Waals surface area contributed by atoms with Gasteiger partial charge in [0.25, 0.3) is 0 Å². The molecular formula is C13H11FN2O3S. The highest BCUT2D eigenvalue weighted by Crippen LogP contribution is 2.16. The molecule has 0 aliphatic heterocycles. The van der Waals surface area contributed by atoms with Crippen LogP contribution in [0.25, 0.3) is 0 Å². The van der Waals surface area contributed by atoms with E-state index < -0.39 is 5.97 Å². The Morgan fingerprint density at radius 2 is 2.25 bits per heavy atom. The molecule has 1 aromatic heterocycles. The largest absolute Gasteiger partial charge is 0.456 e. The van der Waals surface area contributed by atoms with Crippen molar-refractivity contribution in [2.45, 2.75) is 13.5 Å². The van der Waals surface area contributed by atoms with Gasteiger partial charge in [0.15, 0.2) is 10.8 Å². The van der Waals surface area contributed by atoms with Crippen molar-refractivity contribution < 1.29 is 18.7 Å². The molecule has 1 amide bonds. The summed E-state index contributed by atoms with van der Waals surface area (Å²) in [5.41, 5.74) is 0.658. The van der Waals surface area contributed by atoms with Crippen molar-refractivity contribution in [2.24, 2.45) is 0 Å². The summed E-state index contributed by atoms with van der Waals surface area (Å²) in [4.78, 5) is 26.5. The summed E-state index contributed by atoms with van der Waals surface area (Å²) < 4.78 is 18.0. The Balaban J connectivity index is 1.95. The van der Waals surface area contributed by atoms with E-state index in [2.05, 4.69) is 10.3 Å². The minimum Gasteiger partial charge on any atom is -0.456 e. The Morgan fingerprint density at radius 1 is 1.45 bits per heavy atom. The summed E-state index contributed by atoms with van der Waals surface area (Å²) >= 11 is 1.13. The van der Waals surface area contributed by atoms with Gasteiger partial charge in [-0.1, -0.05) is 12.1 Å². The molecule has 0 fully saturated rings. The number of nitrogens with zero attached hydrogens (tertiary/aromatic N) is 1. The Bertz CT molecular complexity index is 642. The van der Waals surface area contributed by atoms with Crippen molar-refractivity contribution in [3.05, 3.63) is 46.7 Å². The van der Waals surface area contributed by atoms with E-state index >= 15 is 0 Å². The van der Waals surface area contributed by atoms with E-state index in [1.54, 1.807) is 6.07 Å². The Hall–Kier alpha value is -2.28. The molecule has 0 spiro atoms. The number of aromatic nitrogens is 1. The van der Waals surface area contributed by atoms with Gasteiger partial charge in [0, 0.05) is 12.3 Å². The number of carbonyl (C=O) groups excluding carboxylic acids is 2. The minimum absolute atomic E-state index is 0.0381. The lowest BCUT2D eigenvalue weighted by Crippen LogP contribution is -2.08. The van der Waals surface area contributed by atoms with E-state index in [-0.39, 0.29) is 24.0 Å². The number of hydrogen-bond acceptors (Lipinski definition) is 5. The van der Waals surface area contributed by atoms with E-state index in [1.165, 1.54) is 30.5 Å². The zero-order chi connectivity index (χ0) is 14.5. The first-order chi connectivity index (χ1) is 9.54. The van der Waals surface area contributed by atoms with Crippen molar-refractivity contribution in [1.29, 1.82) is 0 Å². The van der Waals surface area contributed by atoms with Gasteiger partial charge in [0.05, 0.1) is 0 Å². The first-order valence-corrected chi connectivity index (χ1v) is 6.57. The van der Waals surface area contributed by atoms with Crippen LogP contribution in [0.15, 0.2) is 29.6 Å². The smallest absolute Gasteiger partial charge is 0.358 e. The quantitative estimate of drug-likeness (QED) is 0.880. The van der Waals surface area contributed by atoms with Crippen LogP contribution in [0.5, 0.6) is 0 Å². The summed E-state index contributed by atoms with van der Waals surface area (Å²) in [6, 6.07) is 5.79. The van der Waals surface area contributed by atoms with Crippen molar-refractivity contribution in [3.63, 3.8) is 0 Å². The van der Waals surface area contributed by atoms with Crippen molar-refractivity contribution in [1.82, 2.24) is 4.98 Å². The molecule has 0 radical (unpaired) electrons. The standard InChI is InChI=1S/C13H11FN2O3S/c1-8(17)15-13-16-11(7-20-13)12(18)19-6-9-3-2-4-10(14)5-9/h2-5,7H,6H2,1H3,(H,15,16,17). The van der Waals surface area contributed by atoms with Gasteiger partial charge in [0.1, 0.15) is 12.4 Å². The second-order valence-corrected chi connectivity index (χ2v) is 4.78. The van der Waals surface area contributed by atoms with Gasteiger partial charge in [-0.3, -0.25) is 4.79 Å². The average molecular weight is 294 g/mol. The molecule has 104 valence electrons. The van der Waals surface area contributed by atoms with Gasteiger partial charge in [-0.15, -0.1) is 11.3 Å². The molecule has 1 aromatic carbocycles. The zero-order valence-electron chi connectivity index (χ0n) is 10.6. The zero-order valence-corrected chi connectivity index (χ0v) is 11.4. The Morgan fingerprint density at radius 3 is 2.95 bits per heavy atom. The van der Waals surface area contributed by atoms with E-state index in [0.29, 0.717) is 10.7 Å². The first-order valence-electron chi connectivity index (χ1n) is 5.69. The maximum Gasteiger partial charge on any atom is 0.358 e. The summed E-state index contributed by atoms with van der Waals surface area (Å²) in [5, 5.41) is 4.29. The number of halogens is 1. The normalized spacial score (nSPS) is 10.1. The molecule has 1 N–H and O–H groups in total. The van der Waals surface area contributed by atoms with Crippen LogP contribution in [0, 0.1) is 5.82 Å². The molecule has 0 saturated heterocycles. The van der Waals surface area contributed by atoms with Crippen LogP contribution in [-0.4, -0.2) is 16.9 Å². The van der Waals surface area contributed by atoms with Gasteiger partial charge < -0.3 is 10.1 Å². The number of benzene rings is 1. The van der Waals surface area contributed by atoms with Crippen LogP contribution in [0.2, 0.25) is 0 Å². The molecule has 5 nitrogen and oxygen atoms in total. The van der Waals surface area contributed by atoms with E-state index in [0.717, 1.165) is 11.3 Å². The van der Waals surface area contributed by atoms with Crippen molar-refractivity contribution in [2.75, 3.05) is 5.32 Å². The SMILES string of the molecule is CC(=O)Nc1nc(C(=O)OCc2cccc(F)c2)cs1. The number of hydrogen-bond donors (Lipinski definition) is 1. The number of amides is 1. The lowest BCUT2D eigenvalue weighted by Gasteiger charge is -2.03. The predicted molar refractivity (Wildman–Crippen MR) is 71.9 cm³/mol. The van der Waals surface area contributed by atoms with E-state index in [9.17, 15) is 14.0 Å². The van der Waals surface area contributed by atoms with Gasteiger partial charge in [-0.25, -0.2) is 14.2 Å². The fraction of sp³-hybridized carbons (Fsp3) is 0.154. The fourth-order valence-electron chi connectivity index (χ4n) is 1.43. The highest BCUT2D eigenvalue weighted by molar-refractivity contribution is 7.14. The molecular weight excluding hydrogens is 283 g/mol. The number of esters is 1. The highest BCUT2D eigenvalue weighted by atomic mass is 32.1. The minimum atomic E-state index is -0.623. The van der Waals surface area contributed by atoms with E-state index in [4.69, 9.17) is 4.74 Å². The molecule has 20 heavy (non-hydrogen) atoms. The van der Waals surface area contributed by atoms with Crippen LogP contribution in [0.3, 0.4) is 0 Å². The number of anilines is 1.